The standard InChI is InChI=1S/C32H39N3O4S/c1-23-12-16-27(17-13-23)21-34(26(4)32(37)33-28-9-5-6-10-28)31(36)22-35(29-11-7-8-25(3)20-29)40(38,39)30-18-14-24(2)15-19-30/h7-8,11-20,26,28H,5-6,9-10,21-22H2,1-4H3,(H,33,37)/t26-/m1/s1. The molecule has 0 aromatic heterocycles. The van der Waals surface area contributed by atoms with Gasteiger partial charge in [-0.2, -0.15) is 0 Å². The first kappa shape index (κ1) is 29.3. The van der Waals surface area contributed by atoms with Crippen molar-refractivity contribution in [3.05, 3.63) is 95.1 Å². The second-order valence-electron chi connectivity index (χ2n) is 10.8. The molecule has 40 heavy (non-hydrogen) atoms. The van der Waals surface area contributed by atoms with Crippen molar-refractivity contribution in [2.75, 3.05) is 10.8 Å². The van der Waals surface area contributed by atoms with Gasteiger partial charge in [0, 0.05) is 12.6 Å². The van der Waals surface area contributed by atoms with E-state index in [0.29, 0.717) is 5.69 Å². The van der Waals surface area contributed by atoms with Crippen LogP contribution in [0, 0.1) is 20.8 Å². The predicted molar refractivity (Wildman–Crippen MR) is 158 cm³/mol. The largest absolute Gasteiger partial charge is 0.352 e. The van der Waals surface area contributed by atoms with Crippen LogP contribution < -0.4 is 9.62 Å². The molecule has 0 heterocycles. The molecule has 1 aliphatic rings. The van der Waals surface area contributed by atoms with Crippen LogP contribution in [0.25, 0.3) is 0 Å². The van der Waals surface area contributed by atoms with E-state index >= 15 is 0 Å². The number of hydrogen-bond acceptors (Lipinski definition) is 4. The first-order valence-corrected chi connectivity index (χ1v) is 15.3. The van der Waals surface area contributed by atoms with Gasteiger partial charge in [0.15, 0.2) is 0 Å². The molecule has 0 unspecified atom stereocenters. The lowest BCUT2D eigenvalue weighted by atomic mass is 10.1. The van der Waals surface area contributed by atoms with Crippen molar-refractivity contribution in [3.8, 4) is 0 Å². The molecule has 0 radical (unpaired) electrons. The number of rotatable bonds is 10. The molecule has 1 saturated carbocycles. The Hall–Kier alpha value is -3.65. The maximum Gasteiger partial charge on any atom is 0.264 e. The van der Waals surface area contributed by atoms with Crippen molar-refractivity contribution in [1.29, 1.82) is 0 Å². The summed E-state index contributed by atoms with van der Waals surface area (Å²) in [6, 6.07) is 20.8. The number of amides is 2. The summed E-state index contributed by atoms with van der Waals surface area (Å²) in [5.41, 5.74) is 4.15. The van der Waals surface area contributed by atoms with Crippen LogP contribution in [-0.2, 0) is 26.2 Å². The Labute approximate surface area is 238 Å². The van der Waals surface area contributed by atoms with Gasteiger partial charge in [0.25, 0.3) is 10.0 Å². The average molecular weight is 562 g/mol. The summed E-state index contributed by atoms with van der Waals surface area (Å²) < 4.78 is 29.0. The number of nitrogens with one attached hydrogen (secondary N) is 1. The van der Waals surface area contributed by atoms with E-state index in [1.807, 2.05) is 51.1 Å². The molecule has 7 nitrogen and oxygen atoms in total. The van der Waals surface area contributed by atoms with Crippen molar-refractivity contribution in [2.45, 2.75) is 76.9 Å². The topological polar surface area (TPSA) is 86.8 Å². The van der Waals surface area contributed by atoms with E-state index in [9.17, 15) is 18.0 Å². The van der Waals surface area contributed by atoms with Gasteiger partial charge in [-0.3, -0.25) is 13.9 Å². The highest BCUT2D eigenvalue weighted by Gasteiger charge is 2.33. The van der Waals surface area contributed by atoms with E-state index in [-0.39, 0.29) is 23.4 Å². The summed E-state index contributed by atoms with van der Waals surface area (Å²) in [4.78, 5) is 28.9. The highest BCUT2D eigenvalue weighted by molar-refractivity contribution is 7.92. The van der Waals surface area contributed by atoms with Crippen molar-refractivity contribution in [3.63, 3.8) is 0 Å². The van der Waals surface area contributed by atoms with Crippen molar-refractivity contribution < 1.29 is 18.0 Å². The molecular formula is C32H39N3O4S. The number of carbonyl (C=O) groups is 2. The summed E-state index contributed by atoms with van der Waals surface area (Å²) >= 11 is 0. The summed E-state index contributed by atoms with van der Waals surface area (Å²) in [7, 11) is -4.07. The van der Waals surface area contributed by atoms with E-state index in [1.165, 1.54) is 4.90 Å². The maximum absolute atomic E-state index is 14.0. The minimum atomic E-state index is -4.07. The molecule has 0 saturated heterocycles. The molecule has 8 heteroatoms. The van der Waals surface area contributed by atoms with Gasteiger partial charge in [0.05, 0.1) is 10.6 Å². The highest BCUT2D eigenvalue weighted by atomic mass is 32.2. The lowest BCUT2D eigenvalue weighted by molar-refractivity contribution is -0.139. The molecule has 3 aromatic rings. The number of anilines is 1. The summed E-state index contributed by atoms with van der Waals surface area (Å²) in [5, 5.41) is 3.10. The van der Waals surface area contributed by atoms with Crippen LogP contribution in [0.5, 0.6) is 0 Å². The van der Waals surface area contributed by atoms with E-state index in [4.69, 9.17) is 0 Å². The molecule has 1 N–H and O–H groups in total. The third-order valence-electron chi connectivity index (χ3n) is 7.52. The number of sulfonamides is 1. The van der Waals surface area contributed by atoms with Crippen LogP contribution in [0.3, 0.4) is 0 Å². The Bertz CT molecular complexity index is 1430. The third-order valence-corrected chi connectivity index (χ3v) is 9.31. The molecule has 2 amide bonds. The SMILES string of the molecule is Cc1ccc(CN(C(=O)CN(c2cccc(C)c2)S(=O)(=O)c2ccc(C)cc2)[C@H](C)C(=O)NC2CCCC2)cc1. The quantitative estimate of drug-likeness (QED) is 0.365. The summed E-state index contributed by atoms with van der Waals surface area (Å²) in [5.74, 6) is -0.678. The first-order chi connectivity index (χ1) is 19.0. The van der Waals surface area contributed by atoms with Crippen LogP contribution in [0.15, 0.2) is 77.7 Å². The van der Waals surface area contributed by atoms with E-state index < -0.39 is 28.5 Å². The molecule has 0 bridgehead atoms. The maximum atomic E-state index is 14.0. The van der Waals surface area contributed by atoms with Gasteiger partial charge in [-0.05, 0) is 75.9 Å². The van der Waals surface area contributed by atoms with Crippen molar-refractivity contribution in [1.82, 2.24) is 10.2 Å². The minimum Gasteiger partial charge on any atom is -0.352 e. The van der Waals surface area contributed by atoms with Crippen molar-refractivity contribution >= 4 is 27.5 Å². The Morgan fingerprint density at radius 3 is 2.08 bits per heavy atom. The minimum absolute atomic E-state index is 0.101. The van der Waals surface area contributed by atoms with Gasteiger partial charge >= 0.3 is 0 Å². The van der Waals surface area contributed by atoms with Crippen LogP contribution in [0.4, 0.5) is 5.69 Å². The smallest absolute Gasteiger partial charge is 0.264 e. The summed E-state index contributed by atoms with van der Waals surface area (Å²) in [6.45, 7) is 7.21. The summed E-state index contributed by atoms with van der Waals surface area (Å²) in [6.07, 6.45) is 4.02. The molecule has 212 valence electrons. The fraction of sp³-hybridized carbons (Fsp3) is 0.375. The van der Waals surface area contributed by atoms with E-state index in [2.05, 4.69) is 5.32 Å². The zero-order valence-corrected chi connectivity index (χ0v) is 24.6. The highest BCUT2D eigenvalue weighted by Crippen LogP contribution is 2.26. The zero-order valence-electron chi connectivity index (χ0n) is 23.8. The number of aryl methyl sites for hydroxylation is 3. The molecule has 0 spiro atoms. The van der Waals surface area contributed by atoms with Gasteiger partial charge in [0.1, 0.15) is 12.6 Å². The van der Waals surface area contributed by atoms with Crippen LogP contribution >= 0.6 is 0 Å². The van der Waals surface area contributed by atoms with Gasteiger partial charge in [-0.25, -0.2) is 8.42 Å². The third kappa shape index (κ3) is 7.10. The van der Waals surface area contributed by atoms with Crippen LogP contribution in [-0.4, -0.2) is 43.8 Å². The number of benzene rings is 3. The monoisotopic (exact) mass is 561 g/mol. The van der Waals surface area contributed by atoms with Crippen LogP contribution in [0.2, 0.25) is 0 Å². The fourth-order valence-corrected chi connectivity index (χ4v) is 6.42. The van der Waals surface area contributed by atoms with Crippen LogP contribution in [0.1, 0.15) is 54.9 Å². The molecule has 3 aromatic carbocycles. The second kappa shape index (κ2) is 12.7. The fourth-order valence-electron chi connectivity index (χ4n) is 5.01. The molecule has 1 aliphatic carbocycles. The molecule has 4 rings (SSSR count). The Kier molecular flexibility index (Phi) is 9.30. The average Bonchev–Trinajstić information content (AvgIpc) is 3.44. The predicted octanol–water partition coefficient (Wildman–Crippen LogP) is 5.28. The number of carbonyl (C=O) groups excluding carboxylic acids is 2. The Morgan fingerprint density at radius 1 is 0.875 bits per heavy atom. The molecule has 0 aliphatic heterocycles. The lowest BCUT2D eigenvalue weighted by Gasteiger charge is -2.32. The molecule has 1 atom stereocenters. The Morgan fingerprint density at radius 2 is 1.48 bits per heavy atom. The Balaban J connectivity index is 1.68. The van der Waals surface area contributed by atoms with Gasteiger partial charge in [-0.15, -0.1) is 0 Å². The zero-order chi connectivity index (χ0) is 28.9. The van der Waals surface area contributed by atoms with Gasteiger partial charge < -0.3 is 10.2 Å². The second-order valence-corrected chi connectivity index (χ2v) is 12.7. The lowest BCUT2D eigenvalue weighted by Crippen LogP contribution is -2.52. The van der Waals surface area contributed by atoms with Gasteiger partial charge in [-0.1, -0.05) is 72.5 Å². The molecule has 1 fully saturated rings. The van der Waals surface area contributed by atoms with Crippen molar-refractivity contribution in [2.24, 2.45) is 0 Å². The first-order valence-electron chi connectivity index (χ1n) is 13.9. The van der Waals surface area contributed by atoms with E-state index in [0.717, 1.165) is 52.2 Å². The number of hydrogen-bond donors (Lipinski definition) is 1. The molecular weight excluding hydrogens is 522 g/mol. The van der Waals surface area contributed by atoms with Gasteiger partial charge in [0.2, 0.25) is 11.8 Å². The normalized spacial score (nSPS) is 14.5. The van der Waals surface area contributed by atoms with E-state index in [1.54, 1.807) is 49.4 Å². The number of nitrogens with zero attached hydrogens (tertiary/aromatic N) is 2.